The molecule has 2 aromatic rings. The summed E-state index contributed by atoms with van der Waals surface area (Å²) in [6, 6.07) is 5.76. The van der Waals surface area contributed by atoms with Crippen LogP contribution < -0.4 is 9.47 Å². The van der Waals surface area contributed by atoms with Gasteiger partial charge in [0.25, 0.3) is 0 Å². The van der Waals surface area contributed by atoms with Crippen LogP contribution in [0.3, 0.4) is 0 Å². The van der Waals surface area contributed by atoms with Gasteiger partial charge in [-0.15, -0.1) is 11.3 Å². The number of hydrogen-bond donors (Lipinski definition) is 1. The van der Waals surface area contributed by atoms with Crippen molar-refractivity contribution in [2.24, 2.45) is 15.5 Å². The maximum Gasteiger partial charge on any atom is 0.353 e. The number of alkyl halides is 1. The molecular weight excluding hydrogens is 421 g/mol. The summed E-state index contributed by atoms with van der Waals surface area (Å²) >= 11 is 1.34. The van der Waals surface area contributed by atoms with E-state index in [4.69, 9.17) is 19.3 Å². The summed E-state index contributed by atoms with van der Waals surface area (Å²) in [5.74, 6) is 0.918. The fourth-order valence-corrected chi connectivity index (χ4v) is 3.49. The Morgan fingerprint density at radius 2 is 1.87 bits per heavy atom. The van der Waals surface area contributed by atoms with Gasteiger partial charge in [0.1, 0.15) is 36.2 Å². The minimum Gasteiger partial charge on any atom is -0.497 e. The van der Waals surface area contributed by atoms with Gasteiger partial charge in [-0.05, 0) is 29.1 Å². The Labute approximate surface area is 174 Å². The number of rotatable bonds is 14. The number of halogens is 1. The zero-order valence-electron chi connectivity index (χ0n) is 15.9. The van der Waals surface area contributed by atoms with Gasteiger partial charge in [0.05, 0.1) is 18.6 Å². The van der Waals surface area contributed by atoms with Crippen molar-refractivity contribution >= 4 is 11.3 Å². The second-order valence-corrected chi connectivity index (χ2v) is 7.06. The van der Waals surface area contributed by atoms with Gasteiger partial charge in [-0.3, -0.25) is 0 Å². The van der Waals surface area contributed by atoms with E-state index in [1.807, 2.05) is 12.1 Å². The lowest BCUT2D eigenvalue weighted by atomic mass is 10.0. The van der Waals surface area contributed by atoms with Gasteiger partial charge in [-0.1, -0.05) is 27.7 Å². The molecule has 4 atom stereocenters. The van der Waals surface area contributed by atoms with Gasteiger partial charge >= 0.3 is 6.54 Å². The van der Waals surface area contributed by atoms with Gasteiger partial charge < -0.3 is 19.3 Å². The minimum absolute atomic E-state index is 0.212. The van der Waals surface area contributed by atoms with Crippen molar-refractivity contribution in [2.45, 2.75) is 31.2 Å². The molecule has 0 aliphatic carbocycles. The van der Waals surface area contributed by atoms with Crippen LogP contribution in [0.2, 0.25) is 0 Å². The Balaban J connectivity index is 2.06. The number of hydrogen-bond acceptors (Lipinski definition) is 11. The Morgan fingerprint density at radius 3 is 2.43 bits per heavy atom. The van der Waals surface area contributed by atoms with Gasteiger partial charge in [0.2, 0.25) is 0 Å². The first-order chi connectivity index (χ1) is 14.6. The van der Waals surface area contributed by atoms with Gasteiger partial charge in [0.15, 0.2) is 0 Å². The van der Waals surface area contributed by atoms with E-state index in [9.17, 15) is 19.1 Å². The highest BCUT2D eigenvalue weighted by molar-refractivity contribution is 7.10. The minimum atomic E-state index is -2.38. The molecule has 0 radical (unpaired) electrons. The molecule has 2 rings (SSSR count). The van der Waals surface area contributed by atoms with Gasteiger partial charge in [-0.2, -0.15) is 19.1 Å². The van der Waals surface area contributed by atoms with Crippen molar-refractivity contribution in [3.63, 3.8) is 0 Å². The van der Waals surface area contributed by atoms with Crippen molar-refractivity contribution in [1.29, 1.82) is 0 Å². The lowest BCUT2D eigenvalue weighted by Gasteiger charge is -2.23. The highest BCUT2D eigenvalue weighted by Crippen LogP contribution is 2.30. The van der Waals surface area contributed by atoms with E-state index >= 15 is 0 Å². The molecule has 0 saturated carbocycles. The summed E-state index contributed by atoms with van der Waals surface area (Å²) in [7, 11) is 1.56. The first-order valence-corrected chi connectivity index (χ1v) is 9.64. The average molecular weight is 441 g/mol. The van der Waals surface area contributed by atoms with Crippen molar-refractivity contribution < 1.29 is 23.7 Å². The Morgan fingerprint density at radius 1 is 1.13 bits per heavy atom. The van der Waals surface area contributed by atoms with Gasteiger partial charge in [0, 0.05) is 6.42 Å². The molecule has 30 heavy (non-hydrogen) atoms. The second kappa shape index (κ2) is 12.0. The number of ether oxygens (including phenoxy) is 3. The molecule has 0 saturated heterocycles. The topological polar surface area (TPSA) is 136 Å². The van der Waals surface area contributed by atoms with E-state index in [2.05, 4.69) is 15.5 Å². The van der Waals surface area contributed by atoms with Crippen LogP contribution >= 0.6 is 11.3 Å². The molecule has 0 spiro atoms. The summed E-state index contributed by atoms with van der Waals surface area (Å²) in [6.45, 7) is -3.89. The van der Waals surface area contributed by atoms with Crippen molar-refractivity contribution in [3.05, 3.63) is 60.9 Å². The fourth-order valence-electron chi connectivity index (χ4n) is 2.65. The van der Waals surface area contributed by atoms with Crippen LogP contribution in [0.25, 0.3) is 0 Å². The summed E-state index contributed by atoms with van der Waals surface area (Å²) in [6.07, 6.45) is -1.07. The molecular formula is C18H20FN3O7S. The fraction of sp³-hybridized carbons (Fsp3) is 0.444. The normalized spacial score (nSPS) is 14.9. The van der Waals surface area contributed by atoms with E-state index in [-0.39, 0.29) is 5.75 Å². The molecule has 1 N–H and O–H groups in total. The number of methoxy groups -OCH3 is 1. The zero-order valence-corrected chi connectivity index (χ0v) is 16.7. The molecule has 0 aliphatic rings. The van der Waals surface area contributed by atoms with E-state index in [0.29, 0.717) is 17.0 Å². The third-order valence-corrected chi connectivity index (χ3v) is 5.11. The predicted octanol–water partition coefficient (Wildman–Crippen LogP) is 3.39. The van der Waals surface area contributed by atoms with Crippen molar-refractivity contribution in [1.82, 2.24) is 0 Å². The monoisotopic (exact) mass is 441 g/mol. The van der Waals surface area contributed by atoms with Crippen molar-refractivity contribution in [2.75, 3.05) is 20.3 Å². The highest BCUT2D eigenvalue weighted by Gasteiger charge is 2.35. The molecule has 1 heterocycles. The molecule has 0 fully saturated rings. The molecule has 12 heteroatoms. The highest BCUT2D eigenvalue weighted by atomic mass is 32.1. The lowest BCUT2D eigenvalue weighted by molar-refractivity contribution is -0.197. The number of benzene rings is 1. The number of nitroso groups, excluding NO2 is 3. The Hall–Kier alpha value is -2.83. The number of aliphatic hydroxyl groups is 1. The predicted molar refractivity (Wildman–Crippen MR) is 107 cm³/mol. The van der Waals surface area contributed by atoms with Gasteiger partial charge in [-0.25, -0.2) is 0 Å². The zero-order chi connectivity index (χ0) is 21.9. The third kappa shape index (κ3) is 6.34. The average Bonchev–Trinajstić information content (AvgIpc) is 3.18. The van der Waals surface area contributed by atoms with E-state index in [1.165, 1.54) is 11.3 Å². The first-order valence-electron chi connectivity index (χ1n) is 8.76. The largest absolute Gasteiger partial charge is 0.497 e. The van der Waals surface area contributed by atoms with Crippen LogP contribution in [-0.2, 0) is 11.2 Å². The van der Waals surface area contributed by atoms with E-state index < -0.39 is 37.9 Å². The molecule has 1 aromatic heterocycles. The molecule has 0 amide bonds. The van der Waals surface area contributed by atoms with E-state index in [0.717, 1.165) is 5.56 Å². The molecule has 10 nitrogen and oxygen atoms in total. The van der Waals surface area contributed by atoms with Crippen LogP contribution in [0, 0.1) is 14.7 Å². The number of thiophene rings is 1. The van der Waals surface area contributed by atoms with Crippen molar-refractivity contribution in [3.8, 4) is 11.5 Å². The maximum atomic E-state index is 14.4. The molecule has 162 valence electrons. The third-order valence-electron chi connectivity index (χ3n) is 4.20. The summed E-state index contributed by atoms with van der Waals surface area (Å²) in [4.78, 5) is 33.1. The first kappa shape index (κ1) is 23.4. The molecule has 0 bridgehead atoms. The quantitative estimate of drug-likeness (QED) is 0.350. The summed E-state index contributed by atoms with van der Waals surface area (Å²) in [5, 5.41) is 18.6. The van der Waals surface area contributed by atoms with E-state index in [1.54, 1.807) is 30.7 Å². The van der Waals surface area contributed by atoms with Crippen LogP contribution in [0.4, 0.5) is 4.39 Å². The Kier molecular flexibility index (Phi) is 9.38. The SMILES string of the molecule is COc1ccc(Cc2sccc2O[C@@H](F)O[C@H](CN=O)[C@H](N=O)[C@H](CO)N=O)cc1. The molecule has 1 aromatic carbocycles. The lowest BCUT2D eigenvalue weighted by Crippen LogP contribution is -2.42. The standard InChI is InChI=1S/C18H20FN3O7S/c1-27-12-4-2-11(3-5-12)8-16-14(6-7-30-16)28-18(19)29-15(9-20-24)17(22-26)13(10-23)21-25/h2-7,13,15,17-18,23H,8-10H2,1H3/t13-,15+,17+,18+/m0/s1. The smallest absolute Gasteiger partial charge is 0.353 e. The van der Waals surface area contributed by atoms with Crippen LogP contribution in [0.1, 0.15) is 10.4 Å². The Bertz CT molecular complexity index is 820. The summed E-state index contributed by atoms with van der Waals surface area (Å²) < 4.78 is 29.6. The van der Waals surface area contributed by atoms with Crippen LogP contribution in [0.5, 0.6) is 11.5 Å². The molecule has 0 unspecified atom stereocenters. The van der Waals surface area contributed by atoms with Crippen LogP contribution in [0.15, 0.2) is 51.2 Å². The second-order valence-electron chi connectivity index (χ2n) is 6.06. The maximum absolute atomic E-state index is 14.4. The summed E-state index contributed by atoms with van der Waals surface area (Å²) in [5.41, 5.74) is 0.940. The molecule has 0 aliphatic heterocycles. The number of aliphatic hydroxyl groups excluding tert-OH is 1. The number of nitrogens with zero attached hydrogens (tertiary/aromatic N) is 3. The van der Waals surface area contributed by atoms with Crippen LogP contribution in [-0.4, -0.2) is 50.1 Å².